The molecule has 0 aromatic heterocycles. The lowest BCUT2D eigenvalue weighted by Gasteiger charge is -2.29. The Morgan fingerprint density at radius 1 is 1.27 bits per heavy atom. The van der Waals surface area contributed by atoms with Gasteiger partial charge in [0.1, 0.15) is 5.57 Å². The molecule has 1 aliphatic rings. The fourth-order valence-electron chi connectivity index (χ4n) is 2.70. The molecule has 3 rings (SSSR count). The predicted octanol–water partition coefficient (Wildman–Crippen LogP) is 3.45. The lowest BCUT2D eigenvalue weighted by molar-refractivity contribution is -0.386. The number of thiocarbonyl (C=S) groups is 1. The van der Waals surface area contributed by atoms with Gasteiger partial charge in [0, 0.05) is 11.1 Å². The SMILES string of the molecule is COc1cc(/C=C2\C(=O)NC(=S)N(c3ccc(Cl)cc3Cl)C2=O)cc([N+](=O)[O-])c1O. The summed E-state index contributed by atoms with van der Waals surface area (Å²) in [5, 5.41) is 23.7. The standard InChI is InChI=1S/C18H11Cl2N3O6S/c1-29-14-6-8(5-13(15(14)24)23(27)28)4-10-16(25)21-18(30)22(17(10)26)12-3-2-9(19)7-11(12)20/h2-7,24H,1H3,(H,21,25,30)/b10-4+. The Hall–Kier alpha value is -3.21. The third-order valence-corrected chi connectivity index (χ3v) is 4.88. The number of halogens is 2. The third kappa shape index (κ3) is 3.92. The molecule has 1 aliphatic heterocycles. The van der Waals surface area contributed by atoms with Crippen molar-refractivity contribution in [1.29, 1.82) is 0 Å². The first kappa shape index (κ1) is 21.5. The summed E-state index contributed by atoms with van der Waals surface area (Å²) in [6, 6.07) is 6.59. The summed E-state index contributed by atoms with van der Waals surface area (Å²) in [5.74, 6) is -2.49. The summed E-state index contributed by atoms with van der Waals surface area (Å²) in [4.78, 5) is 36.8. The summed E-state index contributed by atoms with van der Waals surface area (Å²) < 4.78 is 4.92. The van der Waals surface area contributed by atoms with Gasteiger partial charge >= 0.3 is 5.69 Å². The Labute approximate surface area is 184 Å². The molecule has 0 spiro atoms. The molecule has 0 saturated carbocycles. The molecule has 154 valence electrons. The number of anilines is 1. The minimum Gasteiger partial charge on any atom is -0.500 e. The normalized spacial score (nSPS) is 15.4. The van der Waals surface area contributed by atoms with E-state index in [-0.39, 0.29) is 32.7 Å². The van der Waals surface area contributed by atoms with Gasteiger partial charge in [0.25, 0.3) is 11.8 Å². The average molecular weight is 468 g/mol. The summed E-state index contributed by atoms with van der Waals surface area (Å²) in [6.07, 6.45) is 1.12. The number of ether oxygens (including phenoxy) is 1. The third-order valence-electron chi connectivity index (χ3n) is 4.06. The van der Waals surface area contributed by atoms with E-state index in [2.05, 4.69) is 5.32 Å². The molecule has 9 nitrogen and oxygen atoms in total. The number of rotatable bonds is 4. The first-order valence-corrected chi connectivity index (χ1v) is 9.22. The van der Waals surface area contributed by atoms with Crippen molar-refractivity contribution in [1.82, 2.24) is 5.32 Å². The maximum atomic E-state index is 13.0. The van der Waals surface area contributed by atoms with Crippen LogP contribution >= 0.6 is 35.4 Å². The maximum absolute atomic E-state index is 13.0. The van der Waals surface area contributed by atoms with Crippen LogP contribution in [0.4, 0.5) is 11.4 Å². The molecule has 30 heavy (non-hydrogen) atoms. The first-order chi connectivity index (χ1) is 14.1. The van der Waals surface area contributed by atoms with Gasteiger partial charge in [-0.2, -0.15) is 0 Å². The number of hydrogen-bond donors (Lipinski definition) is 2. The van der Waals surface area contributed by atoms with Crippen molar-refractivity contribution in [3.05, 3.63) is 61.6 Å². The average Bonchev–Trinajstić information content (AvgIpc) is 2.67. The van der Waals surface area contributed by atoms with Gasteiger partial charge in [0.2, 0.25) is 5.75 Å². The number of phenolic OH excluding ortho intramolecular Hbond substituents is 1. The zero-order valence-electron chi connectivity index (χ0n) is 15.0. The van der Waals surface area contributed by atoms with Crippen molar-refractivity contribution in [3.8, 4) is 11.5 Å². The van der Waals surface area contributed by atoms with Crippen molar-refractivity contribution < 1.29 is 24.4 Å². The number of nitro benzene ring substituents is 1. The smallest absolute Gasteiger partial charge is 0.315 e. The van der Waals surface area contributed by atoms with Gasteiger partial charge in [-0.25, -0.2) is 0 Å². The zero-order valence-corrected chi connectivity index (χ0v) is 17.3. The molecule has 2 N–H and O–H groups in total. The minimum absolute atomic E-state index is 0.0739. The van der Waals surface area contributed by atoms with Crippen LogP contribution in [0.5, 0.6) is 11.5 Å². The quantitative estimate of drug-likeness (QED) is 0.232. The molecule has 2 aromatic rings. The molecule has 0 aliphatic carbocycles. The fourth-order valence-corrected chi connectivity index (χ4v) is 3.46. The molecule has 0 radical (unpaired) electrons. The van der Waals surface area contributed by atoms with E-state index in [1.807, 2.05) is 0 Å². The molecule has 1 heterocycles. The van der Waals surface area contributed by atoms with Crippen LogP contribution in [0.15, 0.2) is 35.9 Å². The van der Waals surface area contributed by atoms with Crippen molar-refractivity contribution in [2.45, 2.75) is 0 Å². The van der Waals surface area contributed by atoms with E-state index >= 15 is 0 Å². The van der Waals surface area contributed by atoms with Crippen molar-refractivity contribution in [2.24, 2.45) is 0 Å². The Morgan fingerprint density at radius 3 is 2.57 bits per heavy atom. The number of methoxy groups -OCH3 is 1. The highest BCUT2D eigenvalue weighted by Crippen LogP contribution is 2.38. The van der Waals surface area contributed by atoms with Crippen LogP contribution in [0.3, 0.4) is 0 Å². The molecular weight excluding hydrogens is 457 g/mol. The number of amides is 2. The largest absolute Gasteiger partial charge is 0.500 e. The van der Waals surface area contributed by atoms with E-state index in [9.17, 15) is 24.8 Å². The number of nitro groups is 1. The van der Waals surface area contributed by atoms with Gasteiger partial charge < -0.3 is 9.84 Å². The number of carbonyl (C=O) groups excluding carboxylic acids is 2. The van der Waals surface area contributed by atoms with Crippen LogP contribution < -0.4 is 15.0 Å². The lowest BCUT2D eigenvalue weighted by atomic mass is 10.1. The number of phenols is 1. The second-order valence-electron chi connectivity index (χ2n) is 5.90. The lowest BCUT2D eigenvalue weighted by Crippen LogP contribution is -2.54. The Kier molecular flexibility index (Phi) is 5.92. The highest BCUT2D eigenvalue weighted by atomic mass is 35.5. The van der Waals surface area contributed by atoms with E-state index < -0.39 is 28.2 Å². The molecule has 2 aromatic carbocycles. The zero-order chi connectivity index (χ0) is 22.2. The van der Waals surface area contributed by atoms with Crippen LogP contribution in [0.25, 0.3) is 6.08 Å². The minimum atomic E-state index is -0.822. The van der Waals surface area contributed by atoms with Gasteiger partial charge in [-0.05, 0) is 48.1 Å². The number of nitrogens with zero attached hydrogens (tertiary/aromatic N) is 2. The predicted molar refractivity (Wildman–Crippen MR) is 114 cm³/mol. The molecule has 0 bridgehead atoms. The monoisotopic (exact) mass is 467 g/mol. The van der Waals surface area contributed by atoms with Gasteiger partial charge in [-0.15, -0.1) is 0 Å². The summed E-state index contributed by atoms with van der Waals surface area (Å²) in [7, 11) is 1.21. The number of carbonyl (C=O) groups is 2. The highest BCUT2D eigenvalue weighted by Gasteiger charge is 2.35. The second-order valence-corrected chi connectivity index (χ2v) is 7.13. The molecule has 1 fully saturated rings. The number of benzene rings is 2. The van der Waals surface area contributed by atoms with Gasteiger partial charge in [0.15, 0.2) is 10.9 Å². The van der Waals surface area contributed by atoms with E-state index in [4.69, 9.17) is 40.2 Å². The van der Waals surface area contributed by atoms with Crippen LogP contribution in [-0.4, -0.2) is 34.1 Å². The van der Waals surface area contributed by atoms with E-state index in [1.165, 1.54) is 31.4 Å². The Bertz CT molecular complexity index is 1150. The summed E-state index contributed by atoms with van der Waals surface area (Å²) in [6.45, 7) is 0. The maximum Gasteiger partial charge on any atom is 0.315 e. The number of hydrogen-bond acceptors (Lipinski definition) is 7. The molecule has 12 heteroatoms. The second kappa shape index (κ2) is 8.27. The molecule has 1 saturated heterocycles. The van der Waals surface area contributed by atoms with Crippen LogP contribution in [0.2, 0.25) is 10.0 Å². The van der Waals surface area contributed by atoms with Crippen molar-refractivity contribution in [3.63, 3.8) is 0 Å². The van der Waals surface area contributed by atoms with E-state index in [0.29, 0.717) is 5.02 Å². The number of aromatic hydroxyl groups is 1. The van der Waals surface area contributed by atoms with E-state index in [1.54, 1.807) is 0 Å². The van der Waals surface area contributed by atoms with Gasteiger partial charge in [-0.1, -0.05) is 23.2 Å². The Balaban J connectivity index is 2.11. The molecule has 0 unspecified atom stereocenters. The number of nitrogens with one attached hydrogen (secondary N) is 1. The Morgan fingerprint density at radius 2 is 1.97 bits per heavy atom. The van der Waals surface area contributed by atoms with Crippen LogP contribution in [0, 0.1) is 10.1 Å². The first-order valence-electron chi connectivity index (χ1n) is 8.06. The van der Waals surface area contributed by atoms with Crippen LogP contribution in [0.1, 0.15) is 5.56 Å². The summed E-state index contributed by atoms with van der Waals surface area (Å²) >= 11 is 17.1. The fraction of sp³-hybridized carbons (Fsp3) is 0.0556. The molecule has 0 atom stereocenters. The molecule has 2 amide bonds. The summed E-state index contributed by atoms with van der Waals surface area (Å²) in [5.41, 5.74) is -0.754. The topological polar surface area (TPSA) is 122 Å². The van der Waals surface area contributed by atoms with Crippen molar-refractivity contribution in [2.75, 3.05) is 12.0 Å². The van der Waals surface area contributed by atoms with E-state index in [0.717, 1.165) is 17.0 Å². The van der Waals surface area contributed by atoms with Crippen LogP contribution in [-0.2, 0) is 9.59 Å². The van der Waals surface area contributed by atoms with Gasteiger partial charge in [-0.3, -0.25) is 29.9 Å². The molecular formula is C18H11Cl2N3O6S. The van der Waals surface area contributed by atoms with Crippen molar-refractivity contribution >= 4 is 69.8 Å². The highest BCUT2D eigenvalue weighted by molar-refractivity contribution is 7.80. The van der Waals surface area contributed by atoms with Gasteiger partial charge in [0.05, 0.1) is 22.7 Å².